The predicted octanol–water partition coefficient (Wildman–Crippen LogP) is 4.29. The molecule has 0 aliphatic carbocycles. The van der Waals surface area contributed by atoms with Crippen molar-refractivity contribution < 1.29 is 0 Å². The number of halogens is 1. The van der Waals surface area contributed by atoms with Crippen molar-refractivity contribution in [2.75, 3.05) is 0 Å². The molecule has 0 amide bonds. The molecule has 0 aliphatic rings. The third kappa shape index (κ3) is 2.71. The third-order valence-electron chi connectivity index (χ3n) is 2.19. The molecule has 1 aromatic carbocycles. The lowest BCUT2D eigenvalue weighted by Gasteiger charge is -2.12. The van der Waals surface area contributed by atoms with Gasteiger partial charge in [0.05, 0.1) is 16.5 Å². The highest BCUT2D eigenvalue weighted by Gasteiger charge is 2.13. The maximum Gasteiger partial charge on any atom is 0.0995 e. The molecular formula is C14H12BrN. The fraction of sp³-hybridized carbons (Fsp3) is 0.0714. The van der Waals surface area contributed by atoms with E-state index in [1.165, 1.54) is 0 Å². The van der Waals surface area contributed by atoms with Crippen molar-refractivity contribution in [3.8, 4) is 6.07 Å². The second kappa shape index (κ2) is 6.09. The average Bonchev–Trinajstić information content (AvgIpc) is 2.35. The topological polar surface area (TPSA) is 23.8 Å². The van der Waals surface area contributed by atoms with E-state index in [0.29, 0.717) is 5.56 Å². The molecule has 0 saturated heterocycles. The van der Waals surface area contributed by atoms with Crippen molar-refractivity contribution in [2.45, 2.75) is 4.83 Å². The van der Waals surface area contributed by atoms with E-state index in [2.05, 4.69) is 35.2 Å². The summed E-state index contributed by atoms with van der Waals surface area (Å²) in [5, 5.41) is 9.02. The number of nitriles is 1. The fourth-order valence-corrected chi connectivity index (χ4v) is 2.13. The zero-order valence-corrected chi connectivity index (χ0v) is 10.4. The molecule has 0 aromatic heterocycles. The third-order valence-corrected chi connectivity index (χ3v) is 3.21. The Labute approximate surface area is 105 Å². The van der Waals surface area contributed by atoms with Crippen LogP contribution in [0.3, 0.4) is 0 Å². The van der Waals surface area contributed by atoms with Gasteiger partial charge in [-0.15, -0.1) is 0 Å². The highest BCUT2D eigenvalue weighted by molar-refractivity contribution is 9.09. The van der Waals surface area contributed by atoms with Crippen molar-refractivity contribution in [2.24, 2.45) is 0 Å². The number of alkyl halides is 1. The Kier molecular flexibility index (Phi) is 4.75. The molecule has 16 heavy (non-hydrogen) atoms. The van der Waals surface area contributed by atoms with Crippen LogP contribution in [0, 0.1) is 11.3 Å². The summed E-state index contributed by atoms with van der Waals surface area (Å²) in [6.45, 7) is 7.41. The summed E-state index contributed by atoms with van der Waals surface area (Å²) >= 11 is 3.57. The van der Waals surface area contributed by atoms with Crippen LogP contribution in [0.5, 0.6) is 0 Å². The normalized spacial score (nSPS) is 12.6. The second-order valence-electron chi connectivity index (χ2n) is 3.17. The van der Waals surface area contributed by atoms with Crippen LogP contribution in [0.15, 0.2) is 61.2 Å². The maximum atomic E-state index is 9.02. The molecule has 80 valence electrons. The quantitative estimate of drug-likeness (QED) is 0.593. The van der Waals surface area contributed by atoms with Crippen LogP contribution in [0.1, 0.15) is 16.0 Å². The molecule has 0 aliphatic heterocycles. The highest BCUT2D eigenvalue weighted by Crippen LogP contribution is 2.33. The lowest BCUT2D eigenvalue weighted by Crippen LogP contribution is -1.95. The summed E-state index contributed by atoms with van der Waals surface area (Å²) in [5.41, 5.74) is 2.59. The first kappa shape index (κ1) is 12.5. The maximum absolute atomic E-state index is 9.02. The van der Waals surface area contributed by atoms with Gasteiger partial charge in [-0.1, -0.05) is 65.5 Å². The summed E-state index contributed by atoms with van der Waals surface area (Å²) in [7, 11) is 0. The molecule has 0 bridgehead atoms. The van der Waals surface area contributed by atoms with E-state index in [4.69, 9.17) is 5.26 Å². The molecular weight excluding hydrogens is 262 g/mol. The van der Waals surface area contributed by atoms with Gasteiger partial charge in [0.2, 0.25) is 0 Å². The van der Waals surface area contributed by atoms with Crippen LogP contribution in [0.2, 0.25) is 0 Å². The minimum Gasteiger partial charge on any atom is -0.192 e. The van der Waals surface area contributed by atoms with E-state index in [-0.39, 0.29) is 4.83 Å². The van der Waals surface area contributed by atoms with Crippen LogP contribution in [0.25, 0.3) is 0 Å². The molecule has 0 fully saturated rings. The van der Waals surface area contributed by atoms with Crippen molar-refractivity contribution in [3.05, 3.63) is 72.4 Å². The Bertz CT molecular complexity index is 466. The average molecular weight is 274 g/mol. The first-order valence-corrected chi connectivity index (χ1v) is 5.74. The summed E-state index contributed by atoms with van der Waals surface area (Å²) < 4.78 is 0. The van der Waals surface area contributed by atoms with Gasteiger partial charge in [-0.25, -0.2) is 0 Å². The van der Waals surface area contributed by atoms with Crippen LogP contribution < -0.4 is 0 Å². The molecule has 1 rings (SSSR count). The Morgan fingerprint density at radius 2 is 2.06 bits per heavy atom. The molecule has 2 heteroatoms. The van der Waals surface area contributed by atoms with E-state index in [1.807, 2.05) is 24.3 Å². The minimum atomic E-state index is -0.0288. The van der Waals surface area contributed by atoms with Crippen LogP contribution >= 0.6 is 15.9 Å². The minimum absolute atomic E-state index is 0.0288. The molecule has 1 aromatic rings. The molecule has 0 spiro atoms. The number of hydrogen-bond acceptors (Lipinski definition) is 1. The zero-order chi connectivity index (χ0) is 12.0. The molecule has 0 N–H and O–H groups in total. The second-order valence-corrected chi connectivity index (χ2v) is 4.08. The highest BCUT2D eigenvalue weighted by atomic mass is 79.9. The van der Waals surface area contributed by atoms with Gasteiger partial charge in [0.1, 0.15) is 0 Å². The fourth-order valence-electron chi connectivity index (χ4n) is 1.39. The van der Waals surface area contributed by atoms with Gasteiger partial charge >= 0.3 is 0 Å². The Morgan fingerprint density at radius 3 is 2.62 bits per heavy atom. The summed E-state index contributed by atoms with van der Waals surface area (Å²) in [4.78, 5) is -0.0288. The van der Waals surface area contributed by atoms with Crippen LogP contribution in [0.4, 0.5) is 0 Å². The van der Waals surface area contributed by atoms with Crippen molar-refractivity contribution in [3.63, 3.8) is 0 Å². The number of hydrogen-bond donors (Lipinski definition) is 0. The van der Waals surface area contributed by atoms with Crippen molar-refractivity contribution in [1.29, 1.82) is 5.26 Å². The number of nitrogens with zero attached hydrogens (tertiary/aromatic N) is 1. The monoisotopic (exact) mass is 273 g/mol. The molecule has 0 heterocycles. The predicted molar refractivity (Wildman–Crippen MR) is 71.3 cm³/mol. The van der Waals surface area contributed by atoms with Gasteiger partial charge in [0, 0.05) is 0 Å². The molecule has 0 saturated carbocycles. The van der Waals surface area contributed by atoms with E-state index in [9.17, 15) is 0 Å². The van der Waals surface area contributed by atoms with Gasteiger partial charge < -0.3 is 0 Å². The van der Waals surface area contributed by atoms with Crippen LogP contribution in [-0.2, 0) is 0 Å². The zero-order valence-electron chi connectivity index (χ0n) is 8.86. The molecule has 1 nitrogen and oxygen atoms in total. The van der Waals surface area contributed by atoms with Gasteiger partial charge in [-0.2, -0.15) is 5.26 Å². The number of rotatable bonds is 4. The van der Waals surface area contributed by atoms with Crippen molar-refractivity contribution >= 4 is 15.9 Å². The van der Waals surface area contributed by atoms with Gasteiger partial charge in [0.15, 0.2) is 0 Å². The number of benzene rings is 1. The molecule has 0 radical (unpaired) electrons. The summed E-state index contributed by atoms with van der Waals surface area (Å²) in [5.74, 6) is 0. The Hall–Kier alpha value is -1.59. The van der Waals surface area contributed by atoms with E-state index in [0.717, 1.165) is 11.1 Å². The molecule has 1 atom stereocenters. The Morgan fingerprint density at radius 1 is 1.38 bits per heavy atom. The van der Waals surface area contributed by atoms with E-state index < -0.39 is 0 Å². The largest absolute Gasteiger partial charge is 0.192 e. The van der Waals surface area contributed by atoms with E-state index in [1.54, 1.807) is 18.2 Å². The van der Waals surface area contributed by atoms with Crippen molar-refractivity contribution in [1.82, 2.24) is 0 Å². The lowest BCUT2D eigenvalue weighted by atomic mass is 10.00. The van der Waals surface area contributed by atoms with Gasteiger partial charge in [-0.3, -0.25) is 0 Å². The van der Waals surface area contributed by atoms with Gasteiger partial charge in [-0.05, 0) is 17.2 Å². The SMILES string of the molecule is C=C/C=C(\C=C)C(Br)c1ccccc1C#N. The lowest BCUT2D eigenvalue weighted by molar-refractivity contribution is 1.17. The van der Waals surface area contributed by atoms with Gasteiger partial charge in [0.25, 0.3) is 0 Å². The number of allylic oxidation sites excluding steroid dienone is 4. The molecule has 1 unspecified atom stereocenters. The smallest absolute Gasteiger partial charge is 0.0995 e. The standard InChI is InChI=1S/C14H12BrN/c1-3-7-11(4-2)14(15)13-9-6-5-8-12(13)10-16/h3-9,14H,1-2H2/b11-7+. The summed E-state index contributed by atoms with van der Waals surface area (Å²) in [6.07, 6.45) is 5.34. The van der Waals surface area contributed by atoms with Crippen LogP contribution in [-0.4, -0.2) is 0 Å². The first-order valence-electron chi connectivity index (χ1n) is 4.82. The summed E-state index contributed by atoms with van der Waals surface area (Å²) in [6, 6.07) is 9.68. The Balaban J connectivity index is 3.18. The first-order chi connectivity index (χ1) is 7.74. The van der Waals surface area contributed by atoms with E-state index >= 15 is 0 Å².